The molecule has 0 aliphatic heterocycles. The van der Waals surface area contributed by atoms with E-state index in [4.69, 9.17) is 38.0 Å². The van der Waals surface area contributed by atoms with Gasteiger partial charge in [-0.25, -0.2) is 14.8 Å². The van der Waals surface area contributed by atoms with Crippen molar-refractivity contribution in [3.8, 4) is 0 Å². The van der Waals surface area contributed by atoms with Gasteiger partial charge in [0.05, 0.1) is 61.3 Å². The van der Waals surface area contributed by atoms with Gasteiger partial charge in [-0.1, -0.05) is 18.2 Å². The number of rotatable bonds is 21. The van der Waals surface area contributed by atoms with Crippen LogP contribution in [0.5, 0.6) is 0 Å². The lowest BCUT2D eigenvalue weighted by Gasteiger charge is -2.30. The maximum atomic E-state index is 13.7. The summed E-state index contributed by atoms with van der Waals surface area (Å²) in [5, 5.41) is 0. The fourth-order valence-electron chi connectivity index (χ4n) is 5.23. The standard InChI is InChI=1S/C33H51N5O10P2/c1-21(2)45-49(40,46-22(3)4)19-42-16-27(38-18-35-30-29(25-14-15-25)36-33(34)37-31(30)38)28(44-32(39)26-12-10-9-11-13-26)17-43-20-50(41,47-23(5)6)48-24(7)8/h9-13,18,21-25,27-28H,14-17,19-20H2,1-8H3,(H2,34,36,37)/t27-,28+/m0/s1. The molecule has 1 aromatic carbocycles. The van der Waals surface area contributed by atoms with E-state index in [1.54, 1.807) is 96.6 Å². The number of nitrogens with two attached hydrogens (primary N) is 1. The van der Waals surface area contributed by atoms with Crippen molar-refractivity contribution >= 4 is 38.3 Å². The van der Waals surface area contributed by atoms with Gasteiger partial charge in [0, 0.05) is 5.92 Å². The number of hydrogen-bond donors (Lipinski definition) is 1. The van der Waals surface area contributed by atoms with Gasteiger partial charge in [-0.2, -0.15) is 4.98 Å². The van der Waals surface area contributed by atoms with E-state index in [1.807, 2.05) is 0 Å². The number of benzene rings is 1. The van der Waals surface area contributed by atoms with E-state index in [1.165, 1.54) is 0 Å². The van der Waals surface area contributed by atoms with E-state index in [-0.39, 0.29) is 25.1 Å². The Morgan fingerprint density at radius 2 is 1.34 bits per heavy atom. The van der Waals surface area contributed by atoms with Crippen LogP contribution < -0.4 is 5.73 Å². The zero-order valence-corrected chi connectivity index (χ0v) is 31.9. The summed E-state index contributed by atoms with van der Waals surface area (Å²) in [6, 6.07) is 7.59. The summed E-state index contributed by atoms with van der Waals surface area (Å²) in [5.74, 6) is -0.370. The lowest BCUT2D eigenvalue weighted by atomic mass is 10.1. The third-order valence-corrected chi connectivity index (χ3v) is 11.0. The van der Waals surface area contributed by atoms with Crippen LogP contribution in [0.15, 0.2) is 36.7 Å². The van der Waals surface area contributed by atoms with Gasteiger partial charge in [0.25, 0.3) is 0 Å². The number of aromatic nitrogens is 4. The first-order valence-electron chi connectivity index (χ1n) is 16.9. The number of carbonyl (C=O) groups is 1. The number of hydrogen-bond acceptors (Lipinski definition) is 14. The molecule has 0 radical (unpaired) electrons. The highest BCUT2D eigenvalue weighted by Gasteiger charge is 2.36. The van der Waals surface area contributed by atoms with Crippen molar-refractivity contribution in [1.82, 2.24) is 19.5 Å². The van der Waals surface area contributed by atoms with Crippen LogP contribution in [0.2, 0.25) is 0 Å². The van der Waals surface area contributed by atoms with Crippen molar-refractivity contribution in [1.29, 1.82) is 0 Å². The molecule has 2 N–H and O–H groups in total. The largest absolute Gasteiger partial charge is 0.454 e. The molecule has 1 saturated carbocycles. The minimum atomic E-state index is -3.72. The predicted octanol–water partition coefficient (Wildman–Crippen LogP) is 7.09. The summed E-state index contributed by atoms with van der Waals surface area (Å²) in [4.78, 5) is 27.2. The van der Waals surface area contributed by atoms with Gasteiger partial charge in [0.1, 0.15) is 24.3 Å². The van der Waals surface area contributed by atoms with Crippen molar-refractivity contribution in [2.75, 3.05) is 31.6 Å². The summed E-state index contributed by atoms with van der Waals surface area (Å²) in [6.07, 6.45) is -0.0641. The monoisotopic (exact) mass is 739 g/mol. The molecule has 0 spiro atoms. The Hall–Kier alpha value is -2.74. The number of carbonyl (C=O) groups excluding carboxylic acids is 1. The van der Waals surface area contributed by atoms with Gasteiger partial charge >= 0.3 is 21.2 Å². The molecule has 0 saturated heterocycles. The highest BCUT2D eigenvalue weighted by atomic mass is 31.2. The third-order valence-electron chi connectivity index (χ3n) is 7.04. The summed E-state index contributed by atoms with van der Waals surface area (Å²) in [7, 11) is -7.43. The Kier molecular flexibility index (Phi) is 14.1. The molecule has 1 aliphatic carbocycles. The first-order valence-corrected chi connectivity index (χ1v) is 20.4. The third kappa shape index (κ3) is 11.6. The quantitative estimate of drug-likeness (QED) is 0.0862. The van der Waals surface area contributed by atoms with E-state index < -0.39 is 70.4 Å². The van der Waals surface area contributed by atoms with Crippen LogP contribution in [0.4, 0.5) is 5.95 Å². The highest BCUT2D eigenvalue weighted by Crippen LogP contribution is 2.51. The molecule has 17 heteroatoms. The van der Waals surface area contributed by atoms with Gasteiger partial charge in [-0.3, -0.25) is 9.13 Å². The minimum absolute atomic E-state index is 0.0627. The number of nitrogens with zero attached hydrogens (tertiary/aromatic N) is 4. The maximum absolute atomic E-state index is 13.7. The zero-order valence-electron chi connectivity index (χ0n) is 30.1. The molecule has 50 heavy (non-hydrogen) atoms. The molecule has 2 heterocycles. The van der Waals surface area contributed by atoms with Crippen molar-refractivity contribution in [2.24, 2.45) is 0 Å². The van der Waals surface area contributed by atoms with Gasteiger partial charge in [-0.15, -0.1) is 0 Å². The fourth-order valence-corrected chi connectivity index (χ4v) is 8.80. The molecule has 3 aromatic rings. The smallest absolute Gasteiger partial charge is 0.356 e. The first-order chi connectivity index (χ1) is 23.6. The number of anilines is 1. The lowest BCUT2D eigenvalue weighted by Crippen LogP contribution is -2.36. The van der Waals surface area contributed by atoms with E-state index in [0.717, 1.165) is 18.5 Å². The molecule has 1 fully saturated rings. The van der Waals surface area contributed by atoms with E-state index in [0.29, 0.717) is 16.7 Å². The molecule has 1 aliphatic rings. The second-order valence-corrected chi connectivity index (χ2v) is 17.1. The van der Waals surface area contributed by atoms with Crippen LogP contribution >= 0.6 is 15.2 Å². The lowest BCUT2D eigenvalue weighted by molar-refractivity contribution is -0.0352. The second-order valence-electron chi connectivity index (χ2n) is 13.3. The molecule has 15 nitrogen and oxygen atoms in total. The molecule has 278 valence electrons. The maximum Gasteiger partial charge on any atom is 0.356 e. The second kappa shape index (κ2) is 17.7. The first kappa shape index (κ1) is 40.0. The van der Waals surface area contributed by atoms with Gasteiger partial charge in [0.2, 0.25) is 5.95 Å². The Morgan fingerprint density at radius 3 is 1.84 bits per heavy atom. The topological polar surface area (TPSA) is 185 Å². The Labute approximate surface area is 293 Å². The molecule has 0 bridgehead atoms. The SMILES string of the molecule is CC(C)OP(=O)(COC[C@@H](OC(=O)c1ccccc1)[C@H](COCP(=O)(OC(C)C)OC(C)C)n1cnc2c(C3CC3)nc(N)nc21)OC(C)C. The highest BCUT2D eigenvalue weighted by molar-refractivity contribution is 7.53. The molecular weight excluding hydrogens is 688 g/mol. The van der Waals surface area contributed by atoms with Crippen molar-refractivity contribution in [2.45, 2.75) is 111 Å². The number of esters is 1. The summed E-state index contributed by atoms with van der Waals surface area (Å²) in [5.41, 5.74) is 8.16. The van der Waals surface area contributed by atoms with E-state index >= 15 is 0 Å². The van der Waals surface area contributed by atoms with Crippen LogP contribution in [-0.4, -0.2) is 81.9 Å². The van der Waals surface area contributed by atoms with Gasteiger partial charge in [0.15, 0.2) is 5.65 Å². The molecule has 0 unspecified atom stereocenters. The van der Waals surface area contributed by atoms with Crippen molar-refractivity contribution < 1.29 is 46.2 Å². The van der Waals surface area contributed by atoms with E-state index in [2.05, 4.69) is 15.0 Å². The molecule has 4 rings (SSSR count). The Balaban J connectivity index is 1.73. The zero-order chi connectivity index (χ0) is 36.6. The number of nitrogen functional groups attached to an aromatic ring is 1. The predicted molar refractivity (Wildman–Crippen MR) is 188 cm³/mol. The molecule has 2 aromatic heterocycles. The summed E-state index contributed by atoms with van der Waals surface area (Å²) in [6.45, 7) is 13.5. The fraction of sp³-hybridized carbons (Fsp3) is 0.636. The Morgan fingerprint density at radius 1 is 0.820 bits per heavy atom. The summed E-state index contributed by atoms with van der Waals surface area (Å²) >= 11 is 0. The van der Waals surface area contributed by atoms with Crippen LogP contribution in [0.1, 0.15) is 96.2 Å². The van der Waals surface area contributed by atoms with Crippen LogP contribution in [0.25, 0.3) is 11.2 Å². The minimum Gasteiger partial charge on any atom is -0.454 e. The van der Waals surface area contributed by atoms with E-state index in [9.17, 15) is 13.9 Å². The molecule has 0 amide bonds. The number of fused-ring (bicyclic) bond motifs is 1. The normalized spacial score (nSPS) is 15.4. The number of imidazole rings is 1. The summed E-state index contributed by atoms with van der Waals surface area (Å²) < 4.78 is 69.9. The van der Waals surface area contributed by atoms with Crippen molar-refractivity contribution in [3.63, 3.8) is 0 Å². The average Bonchev–Trinajstić information content (AvgIpc) is 3.77. The van der Waals surface area contributed by atoms with Gasteiger partial charge < -0.3 is 42.6 Å². The van der Waals surface area contributed by atoms with Crippen LogP contribution in [-0.2, 0) is 41.4 Å². The van der Waals surface area contributed by atoms with Gasteiger partial charge in [-0.05, 0) is 80.4 Å². The average molecular weight is 740 g/mol. The molecule has 2 atom stereocenters. The van der Waals surface area contributed by atoms with Crippen LogP contribution in [0.3, 0.4) is 0 Å². The molecular formula is C33H51N5O10P2. The van der Waals surface area contributed by atoms with Crippen molar-refractivity contribution in [3.05, 3.63) is 47.9 Å². The Bertz CT molecular complexity index is 1620. The van der Waals surface area contributed by atoms with Crippen LogP contribution in [0, 0.1) is 0 Å². The number of ether oxygens (including phenoxy) is 3.